The van der Waals surface area contributed by atoms with Crippen LogP contribution >= 0.6 is 0 Å². The van der Waals surface area contributed by atoms with E-state index in [0.29, 0.717) is 0 Å². The predicted octanol–water partition coefficient (Wildman–Crippen LogP) is 6.73. The van der Waals surface area contributed by atoms with E-state index in [1.54, 1.807) is 0 Å². The van der Waals surface area contributed by atoms with Crippen LogP contribution in [0, 0.1) is 0 Å². The molecule has 0 N–H and O–H groups in total. The highest BCUT2D eigenvalue weighted by Crippen LogP contribution is 2.50. The molecular weight excluding hydrogens is 428 g/mol. The lowest BCUT2D eigenvalue weighted by atomic mass is 9.92. The molecule has 0 unspecified atom stereocenters. The molecule has 0 radical (unpaired) electrons. The Morgan fingerprint density at radius 2 is 1.49 bits per heavy atom. The van der Waals surface area contributed by atoms with Gasteiger partial charge in [0.25, 0.3) is 0 Å². The zero-order valence-corrected chi connectivity index (χ0v) is 18.8. The van der Waals surface area contributed by atoms with Crippen LogP contribution in [0.5, 0.6) is 0 Å². The second kappa shape index (κ2) is 6.10. The Balaban J connectivity index is 1.44. The summed E-state index contributed by atoms with van der Waals surface area (Å²) in [6.07, 6.45) is 7.63. The molecule has 0 fully saturated rings. The van der Waals surface area contributed by atoms with Crippen LogP contribution in [-0.4, -0.2) is 19.4 Å². The molecule has 4 aromatic heterocycles. The van der Waals surface area contributed by atoms with E-state index >= 15 is 0 Å². The maximum absolute atomic E-state index is 5.03. The molecule has 9 rings (SSSR count). The molecule has 3 aromatic carbocycles. The maximum Gasteiger partial charge on any atom is 0.165 e. The van der Waals surface area contributed by atoms with Crippen molar-refractivity contribution < 1.29 is 0 Å². The van der Waals surface area contributed by atoms with Crippen LogP contribution in [0.2, 0.25) is 0 Å². The Kier molecular flexibility index (Phi) is 3.11. The average Bonchev–Trinajstić information content (AvgIpc) is 3.58. The van der Waals surface area contributed by atoms with Gasteiger partial charge in [-0.3, -0.25) is 9.38 Å². The monoisotopic (exact) mass is 446 g/mol. The first kappa shape index (κ1) is 17.8. The SMILES string of the molecule is c1ccc2c(c1)Cc1ccc3c(c1-2)-c1cc2c4ccncc4n4c5ncccc5nc4c2cc1C3. The molecule has 0 aliphatic heterocycles. The van der Waals surface area contributed by atoms with Crippen molar-refractivity contribution >= 4 is 38.5 Å². The van der Waals surface area contributed by atoms with Gasteiger partial charge in [-0.15, -0.1) is 0 Å². The van der Waals surface area contributed by atoms with E-state index in [0.717, 1.165) is 35.2 Å². The van der Waals surface area contributed by atoms with E-state index in [1.807, 2.05) is 30.7 Å². The molecule has 0 saturated heterocycles. The number of hydrogen-bond donors (Lipinski definition) is 0. The smallest absolute Gasteiger partial charge is 0.165 e. The molecule has 162 valence electrons. The molecule has 4 heterocycles. The highest BCUT2D eigenvalue weighted by Gasteiger charge is 2.29. The van der Waals surface area contributed by atoms with Crippen molar-refractivity contribution in [1.82, 2.24) is 19.4 Å². The van der Waals surface area contributed by atoms with Crippen LogP contribution in [0.3, 0.4) is 0 Å². The van der Waals surface area contributed by atoms with Crippen molar-refractivity contribution in [3.05, 3.63) is 108 Å². The van der Waals surface area contributed by atoms with E-state index in [1.165, 1.54) is 60.7 Å². The summed E-state index contributed by atoms with van der Waals surface area (Å²) in [5.74, 6) is 0. The Bertz CT molecular complexity index is 2070. The fourth-order valence-corrected chi connectivity index (χ4v) is 6.47. The molecule has 4 heteroatoms. The van der Waals surface area contributed by atoms with Crippen molar-refractivity contribution in [2.24, 2.45) is 0 Å². The number of imidazole rings is 1. The van der Waals surface area contributed by atoms with E-state index in [2.05, 4.69) is 69.0 Å². The zero-order chi connectivity index (χ0) is 22.7. The van der Waals surface area contributed by atoms with Gasteiger partial charge in [0.05, 0.1) is 11.7 Å². The third-order valence-electron chi connectivity index (χ3n) is 7.93. The Morgan fingerprint density at radius 1 is 0.629 bits per heavy atom. The maximum atomic E-state index is 5.03. The second-order valence-electron chi connectivity index (χ2n) is 9.71. The lowest BCUT2D eigenvalue weighted by molar-refractivity contribution is 1.22. The molecule has 7 aromatic rings. The van der Waals surface area contributed by atoms with Gasteiger partial charge in [0.15, 0.2) is 5.65 Å². The number of hydrogen-bond acceptors (Lipinski definition) is 3. The minimum atomic E-state index is 0.876. The first-order chi connectivity index (χ1) is 17.3. The van der Waals surface area contributed by atoms with Crippen LogP contribution in [0.15, 0.2) is 85.3 Å². The van der Waals surface area contributed by atoms with Gasteiger partial charge in [-0.25, -0.2) is 9.97 Å². The summed E-state index contributed by atoms with van der Waals surface area (Å²) in [5, 5.41) is 3.57. The largest absolute Gasteiger partial charge is 0.274 e. The zero-order valence-electron chi connectivity index (χ0n) is 18.8. The van der Waals surface area contributed by atoms with E-state index in [-0.39, 0.29) is 0 Å². The van der Waals surface area contributed by atoms with Gasteiger partial charge in [0, 0.05) is 23.2 Å². The van der Waals surface area contributed by atoms with Gasteiger partial charge in [-0.2, -0.15) is 0 Å². The summed E-state index contributed by atoms with van der Waals surface area (Å²) in [6, 6.07) is 24.4. The quantitative estimate of drug-likeness (QED) is 0.243. The summed E-state index contributed by atoms with van der Waals surface area (Å²) in [4.78, 5) is 14.2. The number of fused-ring (bicyclic) bond motifs is 15. The summed E-state index contributed by atoms with van der Waals surface area (Å²) in [7, 11) is 0. The van der Waals surface area contributed by atoms with E-state index in [9.17, 15) is 0 Å². The summed E-state index contributed by atoms with van der Waals surface area (Å²) >= 11 is 0. The predicted molar refractivity (Wildman–Crippen MR) is 140 cm³/mol. The van der Waals surface area contributed by atoms with E-state index in [4.69, 9.17) is 4.98 Å². The minimum Gasteiger partial charge on any atom is -0.274 e. The van der Waals surface area contributed by atoms with Gasteiger partial charge in [-0.1, -0.05) is 36.4 Å². The van der Waals surface area contributed by atoms with Crippen molar-refractivity contribution in [3.8, 4) is 22.3 Å². The Hall–Kier alpha value is -4.57. The van der Waals surface area contributed by atoms with Gasteiger partial charge < -0.3 is 0 Å². The number of pyridine rings is 3. The minimum absolute atomic E-state index is 0.876. The first-order valence-electron chi connectivity index (χ1n) is 12.0. The van der Waals surface area contributed by atoms with Gasteiger partial charge in [-0.05, 0) is 93.1 Å². The molecule has 35 heavy (non-hydrogen) atoms. The van der Waals surface area contributed by atoms with Crippen LogP contribution in [0.1, 0.15) is 22.3 Å². The Labute approximate surface area is 200 Å². The van der Waals surface area contributed by atoms with Crippen molar-refractivity contribution in [3.63, 3.8) is 0 Å². The lowest BCUT2D eigenvalue weighted by Gasteiger charge is -2.13. The van der Waals surface area contributed by atoms with Crippen LogP contribution in [-0.2, 0) is 12.8 Å². The van der Waals surface area contributed by atoms with Crippen molar-refractivity contribution in [2.45, 2.75) is 12.8 Å². The topological polar surface area (TPSA) is 43.1 Å². The van der Waals surface area contributed by atoms with Gasteiger partial charge in [0.2, 0.25) is 0 Å². The molecule has 0 spiro atoms. The second-order valence-corrected chi connectivity index (χ2v) is 9.71. The molecular formula is C31H18N4. The number of benzene rings is 3. The fraction of sp³-hybridized carbons (Fsp3) is 0.0645. The first-order valence-corrected chi connectivity index (χ1v) is 12.0. The van der Waals surface area contributed by atoms with Crippen LogP contribution < -0.4 is 0 Å². The Morgan fingerprint density at radius 3 is 2.43 bits per heavy atom. The fourth-order valence-electron chi connectivity index (χ4n) is 6.47. The third-order valence-corrected chi connectivity index (χ3v) is 7.93. The molecule has 4 nitrogen and oxygen atoms in total. The molecule has 0 saturated carbocycles. The normalized spacial score (nSPS) is 13.5. The average molecular weight is 447 g/mol. The van der Waals surface area contributed by atoms with Crippen LogP contribution in [0.25, 0.3) is 60.7 Å². The molecule has 2 aliphatic carbocycles. The van der Waals surface area contributed by atoms with Gasteiger partial charge in [0.1, 0.15) is 11.2 Å². The molecule has 0 bridgehead atoms. The summed E-state index contributed by atoms with van der Waals surface area (Å²) in [5.41, 5.74) is 15.0. The third kappa shape index (κ3) is 2.15. The van der Waals surface area contributed by atoms with E-state index < -0.39 is 0 Å². The van der Waals surface area contributed by atoms with Crippen LogP contribution in [0.4, 0.5) is 0 Å². The highest BCUT2D eigenvalue weighted by molar-refractivity contribution is 6.15. The van der Waals surface area contributed by atoms with Gasteiger partial charge >= 0.3 is 0 Å². The summed E-state index contributed by atoms with van der Waals surface area (Å²) in [6.45, 7) is 0. The number of nitrogens with zero attached hydrogens (tertiary/aromatic N) is 4. The standard InChI is InChI=1S/C31H18N4/c1-2-5-21-17(4-1)12-18-7-8-19-13-20-14-25-24(15-23(20)29(19)28(18)21)22-9-11-32-16-27(22)35-30(25)34-26-6-3-10-33-31(26)35/h1-11,14-16H,12-13H2. The highest BCUT2D eigenvalue weighted by atomic mass is 15.1. The van der Waals surface area contributed by atoms with Crippen molar-refractivity contribution in [1.29, 1.82) is 0 Å². The molecule has 2 aliphatic rings. The van der Waals surface area contributed by atoms with Crippen molar-refractivity contribution in [2.75, 3.05) is 0 Å². The summed E-state index contributed by atoms with van der Waals surface area (Å²) < 4.78 is 2.17. The molecule has 0 atom stereocenters. The molecule has 0 amide bonds. The lowest BCUT2D eigenvalue weighted by Crippen LogP contribution is -1.94. The number of rotatable bonds is 0. The number of aromatic nitrogens is 4.